The highest BCUT2D eigenvalue weighted by atomic mass is 79.9. The number of aromatic nitrogens is 5. The van der Waals surface area contributed by atoms with E-state index in [9.17, 15) is 0 Å². The van der Waals surface area contributed by atoms with Gasteiger partial charge in [-0.3, -0.25) is 0 Å². The summed E-state index contributed by atoms with van der Waals surface area (Å²) in [6, 6.07) is 10.3. The van der Waals surface area contributed by atoms with Gasteiger partial charge in [-0.15, -0.1) is 10.2 Å². The van der Waals surface area contributed by atoms with Crippen LogP contribution in [0.15, 0.2) is 48.2 Å². The fourth-order valence-electron chi connectivity index (χ4n) is 1.63. The van der Waals surface area contributed by atoms with E-state index in [4.69, 9.17) is 0 Å². The molecule has 0 radical (unpaired) electrons. The Morgan fingerprint density at radius 1 is 1.19 bits per heavy atom. The van der Waals surface area contributed by atoms with Crippen molar-refractivity contribution < 1.29 is 0 Å². The van der Waals surface area contributed by atoms with Crippen molar-refractivity contribution in [3.8, 4) is 0 Å². The predicted molar refractivity (Wildman–Crippen MR) is 89.6 cm³/mol. The van der Waals surface area contributed by atoms with Crippen LogP contribution in [0.2, 0.25) is 0 Å². The van der Waals surface area contributed by atoms with E-state index in [1.54, 1.807) is 4.80 Å². The van der Waals surface area contributed by atoms with Gasteiger partial charge in [-0.2, -0.15) is 4.80 Å². The van der Waals surface area contributed by atoms with E-state index in [1.807, 2.05) is 18.2 Å². The molecule has 0 fully saturated rings. The first-order valence-electron chi connectivity index (χ1n) is 6.02. The lowest BCUT2D eigenvalue weighted by Gasteiger charge is -1.98. The molecule has 0 N–H and O–H groups in total. The molecule has 0 aliphatic rings. The molecule has 3 aromatic rings. The number of aryl methyl sites for hydroxylation is 2. The van der Waals surface area contributed by atoms with E-state index in [1.165, 1.54) is 28.7 Å². The van der Waals surface area contributed by atoms with Gasteiger partial charge in [0.05, 0.1) is 6.54 Å². The maximum atomic E-state index is 4.35. The molecule has 0 amide bonds. The molecule has 0 bridgehead atoms. The molecule has 0 atom stereocenters. The van der Waals surface area contributed by atoms with Crippen LogP contribution in [0.5, 0.6) is 0 Å². The summed E-state index contributed by atoms with van der Waals surface area (Å²) in [5.74, 6) is 0. The molecule has 0 aliphatic heterocycles. The average molecular weight is 447 g/mol. The minimum atomic E-state index is 0.608. The Labute approximate surface area is 146 Å². The van der Waals surface area contributed by atoms with Crippen LogP contribution in [0.25, 0.3) is 0 Å². The van der Waals surface area contributed by atoms with Crippen LogP contribution in [0.4, 0.5) is 0 Å². The van der Waals surface area contributed by atoms with Gasteiger partial charge in [0.25, 0.3) is 0 Å². The van der Waals surface area contributed by atoms with E-state index in [-0.39, 0.29) is 0 Å². The highest BCUT2D eigenvalue weighted by molar-refractivity contribution is 9.13. The second kappa shape index (κ2) is 6.99. The van der Waals surface area contributed by atoms with Gasteiger partial charge in [-0.05, 0) is 60.8 Å². The number of tetrazole rings is 1. The smallest absolute Gasteiger partial charge is 0.221 e. The quantitative estimate of drug-likeness (QED) is 0.591. The Balaban J connectivity index is 1.61. The van der Waals surface area contributed by atoms with Gasteiger partial charge in [0.15, 0.2) is 4.34 Å². The standard InChI is InChI=1S/C12H9Br2N5S2/c13-9-10(14)20-12(15-9)21-11-16-18-19(17-11)7-6-8-4-2-1-3-5-8/h1-5H,6-7H2. The van der Waals surface area contributed by atoms with Gasteiger partial charge in [-0.1, -0.05) is 41.7 Å². The van der Waals surface area contributed by atoms with E-state index in [0.717, 1.165) is 19.2 Å². The summed E-state index contributed by atoms with van der Waals surface area (Å²) in [6.07, 6.45) is 0.885. The van der Waals surface area contributed by atoms with Crippen LogP contribution in [-0.2, 0) is 13.0 Å². The maximum Gasteiger partial charge on any atom is 0.238 e. The van der Waals surface area contributed by atoms with Gasteiger partial charge in [-0.25, -0.2) is 4.98 Å². The minimum Gasteiger partial charge on any atom is -0.221 e. The van der Waals surface area contributed by atoms with Crippen LogP contribution >= 0.6 is 55.0 Å². The number of halogens is 2. The number of hydrogen-bond donors (Lipinski definition) is 0. The number of hydrogen-bond acceptors (Lipinski definition) is 6. The zero-order chi connectivity index (χ0) is 14.7. The molecule has 5 nitrogen and oxygen atoms in total. The van der Waals surface area contributed by atoms with E-state index in [2.05, 4.69) is 64.4 Å². The molecule has 3 rings (SSSR count). The molecule has 0 saturated heterocycles. The number of rotatable bonds is 5. The zero-order valence-electron chi connectivity index (χ0n) is 10.6. The van der Waals surface area contributed by atoms with Crippen LogP contribution in [-0.4, -0.2) is 25.2 Å². The van der Waals surface area contributed by atoms with E-state index < -0.39 is 0 Å². The largest absolute Gasteiger partial charge is 0.238 e. The summed E-state index contributed by atoms with van der Waals surface area (Å²) in [6.45, 7) is 0.711. The second-order valence-corrected chi connectivity index (χ2v) is 8.33. The second-order valence-electron chi connectivity index (χ2n) is 4.05. The first-order chi connectivity index (χ1) is 10.2. The van der Waals surface area contributed by atoms with Crippen LogP contribution in [0.1, 0.15) is 5.56 Å². The first-order valence-corrected chi connectivity index (χ1v) is 9.24. The highest BCUT2D eigenvalue weighted by Crippen LogP contribution is 2.36. The third-order valence-electron chi connectivity index (χ3n) is 2.58. The third-order valence-corrected chi connectivity index (χ3v) is 6.56. The summed E-state index contributed by atoms with van der Waals surface area (Å²) < 4.78 is 2.63. The monoisotopic (exact) mass is 445 g/mol. The van der Waals surface area contributed by atoms with Crippen molar-refractivity contribution >= 4 is 55.0 Å². The minimum absolute atomic E-state index is 0.608. The molecule has 0 saturated carbocycles. The summed E-state index contributed by atoms with van der Waals surface area (Å²) in [7, 11) is 0. The summed E-state index contributed by atoms with van der Waals surface area (Å²) in [4.78, 5) is 5.96. The third kappa shape index (κ3) is 4.12. The normalized spacial score (nSPS) is 11.0. The topological polar surface area (TPSA) is 56.5 Å². The molecule has 0 unspecified atom stereocenters. The van der Waals surface area contributed by atoms with Crippen molar-refractivity contribution in [2.45, 2.75) is 22.5 Å². The van der Waals surface area contributed by atoms with Gasteiger partial charge in [0.1, 0.15) is 8.39 Å². The van der Waals surface area contributed by atoms with Crippen molar-refractivity contribution in [3.05, 3.63) is 44.3 Å². The van der Waals surface area contributed by atoms with Crippen molar-refractivity contribution in [2.75, 3.05) is 0 Å². The fraction of sp³-hybridized carbons (Fsp3) is 0.167. The lowest BCUT2D eigenvalue weighted by Crippen LogP contribution is -2.05. The van der Waals surface area contributed by atoms with Crippen LogP contribution in [0.3, 0.4) is 0 Å². The summed E-state index contributed by atoms with van der Waals surface area (Å²) in [5, 5.41) is 13.1. The molecular weight excluding hydrogens is 438 g/mol. The first kappa shape index (κ1) is 15.1. The molecule has 1 aromatic carbocycles. The number of nitrogens with zero attached hydrogens (tertiary/aromatic N) is 5. The molecular formula is C12H9Br2N5S2. The van der Waals surface area contributed by atoms with Crippen LogP contribution < -0.4 is 0 Å². The Hall–Kier alpha value is -0.770. The van der Waals surface area contributed by atoms with Crippen molar-refractivity contribution in [1.82, 2.24) is 25.2 Å². The van der Waals surface area contributed by atoms with Crippen LogP contribution in [0, 0.1) is 0 Å². The van der Waals surface area contributed by atoms with Crippen molar-refractivity contribution in [3.63, 3.8) is 0 Å². The Bertz CT molecular complexity index is 709. The van der Waals surface area contributed by atoms with Gasteiger partial charge >= 0.3 is 0 Å². The zero-order valence-corrected chi connectivity index (χ0v) is 15.4. The highest BCUT2D eigenvalue weighted by Gasteiger charge is 2.11. The number of thiazole rings is 1. The molecule has 108 valence electrons. The molecule has 0 aliphatic carbocycles. The lowest BCUT2D eigenvalue weighted by molar-refractivity contribution is 0.519. The Morgan fingerprint density at radius 3 is 2.71 bits per heavy atom. The molecule has 21 heavy (non-hydrogen) atoms. The predicted octanol–water partition coefficient (Wildman–Crippen LogP) is 4.05. The van der Waals surface area contributed by atoms with Gasteiger partial charge in [0.2, 0.25) is 5.16 Å². The molecule has 0 spiro atoms. The molecule has 2 aromatic heterocycles. The average Bonchev–Trinajstić information content (AvgIpc) is 3.05. The van der Waals surface area contributed by atoms with Gasteiger partial charge in [0, 0.05) is 0 Å². The summed E-state index contributed by atoms with van der Waals surface area (Å²) in [5.41, 5.74) is 1.26. The fourth-order valence-corrected chi connectivity index (χ4v) is 4.72. The lowest BCUT2D eigenvalue weighted by atomic mass is 10.2. The SMILES string of the molecule is Brc1nc(Sc2nnn(CCc3ccccc3)n2)sc1Br. The Kier molecular flexibility index (Phi) is 5.04. The van der Waals surface area contributed by atoms with Crippen molar-refractivity contribution in [1.29, 1.82) is 0 Å². The summed E-state index contributed by atoms with van der Waals surface area (Å²) >= 11 is 9.72. The molecule has 9 heteroatoms. The Morgan fingerprint density at radius 2 is 2.00 bits per heavy atom. The van der Waals surface area contributed by atoms with Gasteiger partial charge < -0.3 is 0 Å². The maximum absolute atomic E-state index is 4.35. The van der Waals surface area contributed by atoms with E-state index >= 15 is 0 Å². The van der Waals surface area contributed by atoms with E-state index in [0.29, 0.717) is 11.7 Å². The van der Waals surface area contributed by atoms with Crippen molar-refractivity contribution in [2.24, 2.45) is 0 Å². The molecule has 2 heterocycles. The number of benzene rings is 1.